The van der Waals surface area contributed by atoms with Crippen molar-refractivity contribution in [3.05, 3.63) is 34.3 Å². The molecule has 3 heteroatoms. The van der Waals surface area contributed by atoms with Gasteiger partial charge in [0.25, 0.3) is 0 Å². The van der Waals surface area contributed by atoms with E-state index in [9.17, 15) is 5.11 Å². The van der Waals surface area contributed by atoms with Crippen molar-refractivity contribution in [2.24, 2.45) is 5.73 Å². The monoisotopic (exact) mass is 199 g/mol. The molecule has 2 unspecified atom stereocenters. The molecule has 0 saturated heterocycles. The Morgan fingerprint density at radius 1 is 1.46 bits per heavy atom. The molecule has 0 aromatic heterocycles. The van der Waals surface area contributed by atoms with E-state index in [1.165, 1.54) is 0 Å². The summed E-state index contributed by atoms with van der Waals surface area (Å²) in [5, 5.41) is 9.97. The fourth-order valence-corrected chi connectivity index (χ4v) is 1.41. The number of nitrogens with two attached hydrogens (primary N) is 1. The Kier molecular flexibility index (Phi) is 3.31. The summed E-state index contributed by atoms with van der Waals surface area (Å²) in [7, 11) is 0. The predicted octanol–water partition coefficient (Wildman–Crippen LogP) is 2.03. The van der Waals surface area contributed by atoms with Gasteiger partial charge >= 0.3 is 0 Å². The van der Waals surface area contributed by atoms with E-state index in [-0.39, 0.29) is 6.04 Å². The molecular weight excluding hydrogens is 186 g/mol. The predicted molar refractivity (Wildman–Crippen MR) is 54.8 cm³/mol. The molecule has 1 aromatic rings. The minimum Gasteiger partial charge on any atom is -0.391 e. The molecule has 0 aliphatic heterocycles. The summed E-state index contributed by atoms with van der Waals surface area (Å²) >= 11 is 5.83. The second-order valence-corrected chi connectivity index (χ2v) is 3.70. The maximum atomic E-state index is 9.32. The van der Waals surface area contributed by atoms with Crippen LogP contribution in [0.5, 0.6) is 0 Å². The zero-order chi connectivity index (χ0) is 10.0. The molecule has 1 aromatic carbocycles. The zero-order valence-electron chi connectivity index (χ0n) is 7.79. The van der Waals surface area contributed by atoms with E-state index < -0.39 is 6.10 Å². The Balaban J connectivity index is 3.05. The van der Waals surface area contributed by atoms with E-state index in [1.807, 2.05) is 19.1 Å². The van der Waals surface area contributed by atoms with Gasteiger partial charge in [-0.05, 0) is 37.1 Å². The first-order valence-corrected chi connectivity index (χ1v) is 4.60. The van der Waals surface area contributed by atoms with Gasteiger partial charge in [0.2, 0.25) is 0 Å². The summed E-state index contributed by atoms with van der Waals surface area (Å²) in [5.41, 5.74) is 7.76. The molecule has 0 aliphatic rings. The molecule has 3 N–H and O–H groups in total. The molecule has 13 heavy (non-hydrogen) atoms. The van der Waals surface area contributed by atoms with Crippen LogP contribution in [0.15, 0.2) is 18.2 Å². The molecule has 0 heterocycles. The van der Waals surface area contributed by atoms with Crippen molar-refractivity contribution < 1.29 is 5.11 Å². The number of hydrogen-bond donors (Lipinski definition) is 2. The minimum atomic E-state index is -0.558. The molecule has 0 saturated carbocycles. The van der Waals surface area contributed by atoms with E-state index in [1.54, 1.807) is 13.0 Å². The summed E-state index contributed by atoms with van der Waals surface area (Å²) in [4.78, 5) is 0. The number of rotatable bonds is 2. The first-order chi connectivity index (χ1) is 6.02. The highest BCUT2D eigenvalue weighted by molar-refractivity contribution is 6.30. The van der Waals surface area contributed by atoms with E-state index in [0.29, 0.717) is 5.02 Å². The van der Waals surface area contributed by atoms with Gasteiger partial charge in [-0.25, -0.2) is 0 Å². The highest BCUT2D eigenvalue weighted by atomic mass is 35.5. The Bertz CT molecular complexity index is 299. The third kappa shape index (κ3) is 2.44. The largest absolute Gasteiger partial charge is 0.391 e. The number of aliphatic hydroxyl groups is 1. The number of hydrogen-bond acceptors (Lipinski definition) is 2. The van der Waals surface area contributed by atoms with Crippen LogP contribution in [-0.2, 0) is 0 Å². The van der Waals surface area contributed by atoms with E-state index in [0.717, 1.165) is 11.1 Å². The van der Waals surface area contributed by atoms with Crippen molar-refractivity contribution in [3.8, 4) is 0 Å². The third-order valence-electron chi connectivity index (χ3n) is 2.12. The molecular formula is C10H14ClNO. The molecule has 0 aliphatic carbocycles. The quantitative estimate of drug-likeness (QED) is 0.766. The SMILES string of the molecule is Cc1ccc(Cl)cc1C(N)C(C)O. The molecule has 1 rings (SSSR count). The van der Waals surface area contributed by atoms with Crippen molar-refractivity contribution in [2.75, 3.05) is 0 Å². The molecule has 0 radical (unpaired) electrons. The van der Waals surface area contributed by atoms with Crippen molar-refractivity contribution in [1.29, 1.82) is 0 Å². The van der Waals surface area contributed by atoms with Gasteiger partial charge in [0, 0.05) is 5.02 Å². The highest BCUT2D eigenvalue weighted by Crippen LogP contribution is 2.22. The van der Waals surface area contributed by atoms with Gasteiger partial charge in [-0.1, -0.05) is 17.7 Å². The van der Waals surface area contributed by atoms with Crippen LogP contribution in [0.1, 0.15) is 24.1 Å². The second kappa shape index (κ2) is 4.09. The molecule has 0 bridgehead atoms. The van der Waals surface area contributed by atoms with E-state index >= 15 is 0 Å². The summed E-state index contributed by atoms with van der Waals surface area (Å²) in [6, 6.07) is 5.15. The Morgan fingerprint density at radius 2 is 2.08 bits per heavy atom. The Labute approximate surface area is 83.3 Å². The molecule has 0 spiro atoms. The Hall–Kier alpha value is -0.570. The normalized spacial score (nSPS) is 15.5. The fourth-order valence-electron chi connectivity index (χ4n) is 1.23. The van der Waals surface area contributed by atoms with Crippen LogP contribution in [0.3, 0.4) is 0 Å². The van der Waals surface area contributed by atoms with Crippen LogP contribution in [-0.4, -0.2) is 11.2 Å². The average Bonchev–Trinajstić information content (AvgIpc) is 2.08. The van der Waals surface area contributed by atoms with Crippen LogP contribution in [0.25, 0.3) is 0 Å². The van der Waals surface area contributed by atoms with Crippen LogP contribution < -0.4 is 5.73 Å². The first kappa shape index (κ1) is 10.5. The van der Waals surface area contributed by atoms with Crippen molar-refractivity contribution in [1.82, 2.24) is 0 Å². The lowest BCUT2D eigenvalue weighted by Gasteiger charge is -2.17. The first-order valence-electron chi connectivity index (χ1n) is 4.22. The third-order valence-corrected chi connectivity index (χ3v) is 2.36. The van der Waals surface area contributed by atoms with Gasteiger partial charge in [-0.2, -0.15) is 0 Å². The number of aliphatic hydroxyl groups excluding tert-OH is 1. The topological polar surface area (TPSA) is 46.2 Å². The second-order valence-electron chi connectivity index (χ2n) is 3.27. The average molecular weight is 200 g/mol. The molecule has 2 nitrogen and oxygen atoms in total. The molecule has 0 fully saturated rings. The maximum Gasteiger partial charge on any atom is 0.0704 e. The summed E-state index contributed by atoms with van der Waals surface area (Å²) in [5.74, 6) is 0. The Morgan fingerprint density at radius 3 is 2.62 bits per heavy atom. The van der Waals surface area contributed by atoms with Gasteiger partial charge in [-0.3, -0.25) is 0 Å². The zero-order valence-corrected chi connectivity index (χ0v) is 8.55. The van der Waals surface area contributed by atoms with Gasteiger partial charge in [0.15, 0.2) is 0 Å². The van der Waals surface area contributed by atoms with E-state index in [4.69, 9.17) is 17.3 Å². The lowest BCUT2D eigenvalue weighted by Crippen LogP contribution is -2.23. The summed E-state index contributed by atoms with van der Waals surface area (Å²) < 4.78 is 0. The van der Waals surface area contributed by atoms with Crippen molar-refractivity contribution in [3.63, 3.8) is 0 Å². The summed E-state index contributed by atoms with van der Waals surface area (Å²) in [6.07, 6.45) is -0.558. The van der Waals surface area contributed by atoms with Crippen molar-refractivity contribution >= 4 is 11.6 Å². The summed E-state index contributed by atoms with van der Waals surface area (Å²) in [6.45, 7) is 3.62. The highest BCUT2D eigenvalue weighted by Gasteiger charge is 2.14. The van der Waals surface area contributed by atoms with Crippen LogP contribution in [0.2, 0.25) is 5.02 Å². The number of benzene rings is 1. The van der Waals surface area contributed by atoms with E-state index in [2.05, 4.69) is 0 Å². The molecule has 2 atom stereocenters. The smallest absolute Gasteiger partial charge is 0.0704 e. The van der Waals surface area contributed by atoms with Gasteiger partial charge in [0.05, 0.1) is 12.1 Å². The minimum absolute atomic E-state index is 0.362. The lowest BCUT2D eigenvalue weighted by atomic mass is 9.99. The van der Waals surface area contributed by atoms with Gasteiger partial charge < -0.3 is 10.8 Å². The van der Waals surface area contributed by atoms with Gasteiger partial charge in [0.1, 0.15) is 0 Å². The molecule has 72 valence electrons. The lowest BCUT2D eigenvalue weighted by molar-refractivity contribution is 0.164. The van der Waals surface area contributed by atoms with Crippen LogP contribution in [0, 0.1) is 6.92 Å². The standard InChI is InChI=1S/C10H14ClNO/c1-6-3-4-8(11)5-9(6)10(12)7(2)13/h3-5,7,10,13H,12H2,1-2H3. The number of aryl methyl sites for hydroxylation is 1. The molecule has 0 amide bonds. The maximum absolute atomic E-state index is 9.32. The van der Waals surface area contributed by atoms with Gasteiger partial charge in [-0.15, -0.1) is 0 Å². The van der Waals surface area contributed by atoms with Crippen molar-refractivity contribution in [2.45, 2.75) is 26.0 Å². The van der Waals surface area contributed by atoms with Crippen LogP contribution in [0.4, 0.5) is 0 Å². The number of halogens is 1. The van der Waals surface area contributed by atoms with Crippen LogP contribution >= 0.6 is 11.6 Å². The fraction of sp³-hybridized carbons (Fsp3) is 0.400.